The number of alkyl halides is 3. The topological polar surface area (TPSA) is 105 Å². The van der Waals surface area contributed by atoms with Gasteiger partial charge in [-0.2, -0.15) is 18.4 Å². The van der Waals surface area contributed by atoms with Gasteiger partial charge in [0.2, 0.25) is 0 Å². The van der Waals surface area contributed by atoms with E-state index in [1.807, 2.05) is 0 Å². The van der Waals surface area contributed by atoms with Gasteiger partial charge in [-0.25, -0.2) is 9.18 Å². The van der Waals surface area contributed by atoms with Crippen LogP contribution in [0.15, 0.2) is 35.5 Å². The van der Waals surface area contributed by atoms with Crippen LogP contribution in [0.2, 0.25) is 0 Å². The number of methoxy groups -OCH3 is 1. The highest BCUT2D eigenvalue weighted by Gasteiger charge is 2.66. The minimum Gasteiger partial charge on any atom is -0.467 e. The number of hydrogen-bond donors (Lipinski definition) is 2. The Hall–Kier alpha value is -3.09. The van der Waals surface area contributed by atoms with Gasteiger partial charge in [0.05, 0.1) is 24.3 Å². The van der Waals surface area contributed by atoms with E-state index in [9.17, 15) is 27.2 Å². The predicted molar refractivity (Wildman–Crippen MR) is 77.2 cm³/mol. The highest BCUT2D eigenvalue weighted by molar-refractivity contribution is 6.00. The van der Waals surface area contributed by atoms with Crippen molar-refractivity contribution in [1.82, 2.24) is 5.32 Å². The Labute approximate surface area is 139 Å². The fourth-order valence-corrected chi connectivity index (χ4v) is 2.05. The summed E-state index contributed by atoms with van der Waals surface area (Å²) in [6.07, 6.45) is -5.49. The van der Waals surface area contributed by atoms with Crippen LogP contribution in [0.5, 0.6) is 0 Å². The van der Waals surface area contributed by atoms with E-state index in [0.29, 0.717) is 7.11 Å². The standard InChI is InChI=1S/C15H13F4N3O3/c1-8(21)10(7-20)14(13(24)25-2,15(17,18)19)22-12(23)9-5-3-4-6-11(9)16/h3-6H,21H2,1-2H3,(H,22,23)/b10-8-. The number of allylic oxidation sites excluding steroid dienone is 1. The Morgan fingerprint density at radius 3 is 2.24 bits per heavy atom. The number of carbonyl (C=O) groups is 2. The Bertz CT molecular complexity index is 764. The van der Waals surface area contributed by atoms with Crippen molar-refractivity contribution in [2.45, 2.75) is 18.6 Å². The number of nitrogens with zero attached hydrogens (tertiary/aromatic N) is 1. The van der Waals surface area contributed by atoms with Crippen LogP contribution in [0, 0.1) is 17.1 Å². The number of amides is 1. The molecule has 25 heavy (non-hydrogen) atoms. The van der Waals surface area contributed by atoms with Gasteiger partial charge in [0, 0.05) is 5.70 Å². The molecule has 0 bridgehead atoms. The summed E-state index contributed by atoms with van der Waals surface area (Å²) >= 11 is 0. The molecular weight excluding hydrogens is 346 g/mol. The largest absolute Gasteiger partial charge is 0.467 e. The van der Waals surface area contributed by atoms with Crippen LogP contribution >= 0.6 is 0 Å². The molecule has 0 aliphatic heterocycles. The Morgan fingerprint density at radius 2 is 1.84 bits per heavy atom. The summed E-state index contributed by atoms with van der Waals surface area (Å²) in [7, 11) is 0.638. The van der Waals surface area contributed by atoms with Gasteiger partial charge < -0.3 is 15.8 Å². The summed E-state index contributed by atoms with van der Waals surface area (Å²) in [4.78, 5) is 24.1. The average molecular weight is 359 g/mol. The lowest BCUT2D eigenvalue weighted by atomic mass is 9.87. The van der Waals surface area contributed by atoms with Crippen molar-refractivity contribution in [1.29, 1.82) is 5.26 Å². The number of ether oxygens (including phenoxy) is 1. The minimum absolute atomic E-state index is 0.638. The molecule has 6 nitrogen and oxygen atoms in total. The van der Waals surface area contributed by atoms with Crippen LogP contribution in [0.4, 0.5) is 17.6 Å². The van der Waals surface area contributed by atoms with E-state index in [4.69, 9.17) is 11.0 Å². The summed E-state index contributed by atoms with van der Waals surface area (Å²) in [6, 6.07) is 5.34. The van der Waals surface area contributed by atoms with Gasteiger partial charge in [-0.15, -0.1) is 0 Å². The molecule has 0 heterocycles. The van der Waals surface area contributed by atoms with Crippen LogP contribution in [0.25, 0.3) is 0 Å². The summed E-state index contributed by atoms with van der Waals surface area (Å²) in [6.45, 7) is 0.942. The number of halogens is 4. The van der Waals surface area contributed by atoms with Gasteiger partial charge in [0.1, 0.15) is 5.82 Å². The lowest BCUT2D eigenvalue weighted by molar-refractivity contribution is -0.200. The molecule has 1 aromatic rings. The summed E-state index contributed by atoms with van der Waals surface area (Å²) in [5.41, 5.74) is -1.30. The van der Waals surface area contributed by atoms with E-state index in [0.717, 1.165) is 25.1 Å². The molecule has 1 amide bonds. The molecule has 0 aliphatic rings. The average Bonchev–Trinajstić information content (AvgIpc) is 2.52. The first kappa shape index (κ1) is 20.0. The number of benzene rings is 1. The van der Waals surface area contributed by atoms with E-state index in [2.05, 4.69) is 4.74 Å². The highest BCUT2D eigenvalue weighted by atomic mass is 19.4. The van der Waals surface area contributed by atoms with Crippen LogP contribution in [-0.2, 0) is 9.53 Å². The SMILES string of the molecule is COC(=O)C(NC(=O)c1ccccc1F)(/C(C#N)=C(/C)N)C(F)(F)F. The lowest BCUT2D eigenvalue weighted by Gasteiger charge is -2.33. The van der Waals surface area contributed by atoms with Crippen LogP contribution in [0.1, 0.15) is 17.3 Å². The van der Waals surface area contributed by atoms with E-state index in [1.165, 1.54) is 17.4 Å². The minimum atomic E-state index is -5.49. The number of hydrogen-bond acceptors (Lipinski definition) is 5. The van der Waals surface area contributed by atoms with Crippen LogP contribution < -0.4 is 11.1 Å². The quantitative estimate of drug-likeness (QED) is 0.484. The molecule has 0 radical (unpaired) electrons. The molecule has 0 spiro atoms. The smallest absolute Gasteiger partial charge is 0.427 e. The third-order valence-corrected chi connectivity index (χ3v) is 3.22. The van der Waals surface area contributed by atoms with Gasteiger partial charge in [-0.3, -0.25) is 4.79 Å². The molecule has 1 unspecified atom stereocenters. The third-order valence-electron chi connectivity index (χ3n) is 3.22. The van der Waals surface area contributed by atoms with Gasteiger partial charge in [-0.05, 0) is 19.1 Å². The second-order valence-electron chi connectivity index (χ2n) is 4.84. The summed E-state index contributed by atoms with van der Waals surface area (Å²) in [5, 5.41) is 10.4. The predicted octanol–water partition coefficient (Wildman–Crippen LogP) is 1.79. The first-order valence-electron chi connectivity index (χ1n) is 6.62. The lowest BCUT2D eigenvalue weighted by Crippen LogP contribution is -2.66. The highest BCUT2D eigenvalue weighted by Crippen LogP contribution is 2.38. The molecule has 0 aromatic heterocycles. The third kappa shape index (κ3) is 3.55. The van der Waals surface area contributed by atoms with Crippen molar-refractivity contribution < 1.29 is 31.9 Å². The fraction of sp³-hybridized carbons (Fsp3) is 0.267. The normalized spacial score (nSPS) is 14.6. The second-order valence-corrected chi connectivity index (χ2v) is 4.84. The number of nitrogens with one attached hydrogen (secondary N) is 1. The zero-order chi connectivity index (χ0) is 19.4. The molecule has 3 N–H and O–H groups in total. The molecule has 1 rings (SSSR count). The number of rotatable bonds is 4. The zero-order valence-electron chi connectivity index (χ0n) is 13.1. The monoisotopic (exact) mass is 359 g/mol. The van der Waals surface area contributed by atoms with Gasteiger partial charge in [0.15, 0.2) is 0 Å². The second kappa shape index (κ2) is 7.21. The number of nitrogens with two attached hydrogens (primary N) is 1. The molecule has 1 atom stereocenters. The maximum Gasteiger partial charge on any atom is 0.427 e. The fourth-order valence-electron chi connectivity index (χ4n) is 2.05. The Kier molecular flexibility index (Phi) is 5.75. The molecule has 0 fully saturated rings. The number of esters is 1. The molecular formula is C15H13F4N3O3. The number of nitriles is 1. The van der Waals surface area contributed by atoms with Crippen molar-refractivity contribution in [3.05, 3.63) is 46.9 Å². The number of carbonyl (C=O) groups excluding carboxylic acids is 2. The van der Waals surface area contributed by atoms with Gasteiger partial charge in [0.25, 0.3) is 11.4 Å². The van der Waals surface area contributed by atoms with Crippen molar-refractivity contribution in [2.75, 3.05) is 7.11 Å². The van der Waals surface area contributed by atoms with Gasteiger partial charge in [-0.1, -0.05) is 12.1 Å². The van der Waals surface area contributed by atoms with E-state index < -0.39 is 46.2 Å². The molecule has 134 valence electrons. The van der Waals surface area contributed by atoms with Crippen molar-refractivity contribution in [2.24, 2.45) is 5.73 Å². The molecule has 0 saturated carbocycles. The maximum atomic E-state index is 13.7. The molecule has 10 heteroatoms. The van der Waals surface area contributed by atoms with Crippen molar-refractivity contribution in [3.63, 3.8) is 0 Å². The first-order valence-corrected chi connectivity index (χ1v) is 6.62. The van der Waals surface area contributed by atoms with Crippen LogP contribution in [0.3, 0.4) is 0 Å². The first-order chi connectivity index (χ1) is 11.5. The van der Waals surface area contributed by atoms with E-state index in [-0.39, 0.29) is 0 Å². The Balaban J connectivity index is 3.65. The molecule has 1 aromatic carbocycles. The van der Waals surface area contributed by atoms with E-state index >= 15 is 0 Å². The van der Waals surface area contributed by atoms with E-state index in [1.54, 1.807) is 0 Å². The van der Waals surface area contributed by atoms with Crippen molar-refractivity contribution >= 4 is 11.9 Å². The Morgan fingerprint density at radius 1 is 1.28 bits per heavy atom. The van der Waals surface area contributed by atoms with Crippen molar-refractivity contribution in [3.8, 4) is 6.07 Å². The zero-order valence-corrected chi connectivity index (χ0v) is 13.1. The summed E-state index contributed by atoms with van der Waals surface area (Å²) in [5.74, 6) is -4.69. The molecule has 0 aliphatic carbocycles. The summed E-state index contributed by atoms with van der Waals surface area (Å²) < 4.78 is 59.0. The molecule has 0 saturated heterocycles. The van der Waals surface area contributed by atoms with Crippen LogP contribution in [-0.4, -0.2) is 30.7 Å². The maximum absolute atomic E-state index is 13.7. The van der Waals surface area contributed by atoms with Gasteiger partial charge >= 0.3 is 12.1 Å².